The molecule has 2 N–H and O–H groups in total. The van der Waals surface area contributed by atoms with E-state index in [0.29, 0.717) is 16.7 Å². The Labute approximate surface area is 151 Å². The molecule has 0 radical (unpaired) electrons. The summed E-state index contributed by atoms with van der Waals surface area (Å²) in [5, 5.41) is 0.550. The molecule has 130 valence electrons. The summed E-state index contributed by atoms with van der Waals surface area (Å²) in [4.78, 5) is 4.26. The number of nitrogens with two attached hydrogens (primary N) is 1. The largest absolute Gasteiger partial charge is 0.495 e. The second kappa shape index (κ2) is 6.41. The van der Waals surface area contributed by atoms with Gasteiger partial charge in [0.15, 0.2) is 0 Å². The van der Waals surface area contributed by atoms with Crippen molar-refractivity contribution in [2.24, 2.45) is 0 Å². The number of hydrogen-bond donors (Lipinski definition) is 1. The van der Waals surface area contributed by atoms with Crippen LogP contribution < -0.4 is 10.5 Å². The summed E-state index contributed by atoms with van der Waals surface area (Å²) in [5.74, 6) is 0.648. The zero-order valence-corrected chi connectivity index (χ0v) is 15.0. The molecule has 0 aliphatic heterocycles. The highest BCUT2D eigenvalue weighted by atomic mass is 35.5. The van der Waals surface area contributed by atoms with Gasteiger partial charge in [0, 0.05) is 11.1 Å². The standard InChI is InChI=1S/C19H19ClFN3O/c1-19(2,12-4-9-15(20)16(10-12)25-3)17-11-23-18(22)24(17)14-7-5-13(21)6-8-14/h4-11H,1-3H3,(H2,22,23). The van der Waals surface area contributed by atoms with E-state index in [0.717, 1.165) is 16.9 Å². The molecule has 2 aromatic carbocycles. The highest BCUT2D eigenvalue weighted by molar-refractivity contribution is 6.32. The molecule has 0 amide bonds. The van der Waals surface area contributed by atoms with Gasteiger partial charge in [0.05, 0.1) is 24.0 Å². The van der Waals surface area contributed by atoms with Gasteiger partial charge in [-0.3, -0.25) is 4.57 Å². The molecule has 0 aliphatic carbocycles. The van der Waals surface area contributed by atoms with Gasteiger partial charge in [0.2, 0.25) is 5.95 Å². The first-order valence-electron chi connectivity index (χ1n) is 7.78. The number of halogens is 2. The Balaban J connectivity index is 2.14. The Bertz CT molecular complexity index is 904. The molecule has 0 atom stereocenters. The molecular weight excluding hydrogens is 341 g/mol. The summed E-state index contributed by atoms with van der Waals surface area (Å²) in [7, 11) is 1.58. The monoisotopic (exact) mass is 359 g/mol. The van der Waals surface area contributed by atoms with Crippen molar-refractivity contribution in [3.8, 4) is 11.4 Å². The molecule has 0 unspecified atom stereocenters. The number of anilines is 1. The van der Waals surface area contributed by atoms with E-state index in [2.05, 4.69) is 18.8 Å². The molecule has 1 aromatic heterocycles. The molecule has 0 aliphatic rings. The fourth-order valence-corrected chi connectivity index (χ4v) is 3.06. The zero-order chi connectivity index (χ0) is 18.2. The number of ether oxygens (including phenoxy) is 1. The van der Waals surface area contributed by atoms with Crippen LogP contribution in [0, 0.1) is 5.82 Å². The van der Waals surface area contributed by atoms with E-state index in [1.54, 1.807) is 31.5 Å². The van der Waals surface area contributed by atoms with Crippen molar-refractivity contribution < 1.29 is 9.13 Å². The minimum absolute atomic E-state index is 0.300. The third-order valence-corrected chi connectivity index (χ3v) is 4.70. The van der Waals surface area contributed by atoms with E-state index in [-0.39, 0.29) is 5.82 Å². The maximum absolute atomic E-state index is 13.3. The van der Waals surface area contributed by atoms with Crippen LogP contribution in [-0.4, -0.2) is 16.7 Å². The van der Waals surface area contributed by atoms with Crippen LogP contribution in [-0.2, 0) is 5.41 Å². The highest BCUT2D eigenvalue weighted by Crippen LogP contribution is 2.37. The van der Waals surface area contributed by atoms with Gasteiger partial charge >= 0.3 is 0 Å². The number of methoxy groups -OCH3 is 1. The smallest absolute Gasteiger partial charge is 0.205 e. The Morgan fingerprint density at radius 2 is 1.84 bits per heavy atom. The number of aromatic nitrogens is 2. The van der Waals surface area contributed by atoms with Gasteiger partial charge in [-0.15, -0.1) is 0 Å². The van der Waals surface area contributed by atoms with E-state index in [4.69, 9.17) is 22.1 Å². The first kappa shape index (κ1) is 17.3. The van der Waals surface area contributed by atoms with Crippen LogP contribution in [0.4, 0.5) is 10.3 Å². The van der Waals surface area contributed by atoms with E-state index in [1.807, 2.05) is 16.7 Å². The molecular formula is C19H19ClFN3O. The number of hydrogen-bond acceptors (Lipinski definition) is 3. The SMILES string of the molecule is COc1cc(C(C)(C)c2cnc(N)n2-c2ccc(F)cc2)ccc1Cl. The minimum atomic E-state index is -0.434. The quantitative estimate of drug-likeness (QED) is 0.741. The van der Waals surface area contributed by atoms with Crippen LogP contribution >= 0.6 is 11.6 Å². The predicted molar refractivity (Wildman–Crippen MR) is 98.1 cm³/mol. The van der Waals surface area contributed by atoms with Crippen molar-refractivity contribution in [1.29, 1.82) is 0 Å². The van der Waals surface area contributed by atoms with Gasteiger partial charge in [-0.25, -0.2) is 9.37 Å². The van der Waals surface area contributed by atoms with Gasteiger partial charge in [0.1, 0.15) is 11.6 Å². The van der Waals surface area contributed by atoms with Gasteiger partial charge in [-0.2, -0.15) is 0 Å². The molecule has 0 spiro atoms. The second-order valence-corrected chi connectivity index (χ2v) is 6.69. The van der Waals surface area contributed by atoms with Crippen LogP contribution in [0.15, 0.2) is 48.7 Å². The van der Waals surface area contributed by atoms with E-state index in [1.165, 1.54) is 12.1 Å². The fraction of sp³-hybridized carbons (Fsp3) is 0.211. The lowest BCUT2D eigenvalue weighted by Crippen LogP contribution is -2.23. The third kappa shape index (κ3) is 3.07. The maximum Gasteiger partial charge on any atom is 0.205 e. The summed E-state index contributed by atoms with van der Waals surface area (Å²) in [5.41, 5.74) is 8.27. The summed E-state index contributed by atoms with van der Waals surface area (Å²) >= 11 is 6.14. The predicted octanol–water partition coefficient (Wildman–Crippen LogP) is 4.58. The lowest BCUT2D eigenvalue weighted by Gasteiger charge is -2.27. The number of nitrogen functional groups attached to an aromatic ring is 1. The van der Waals surface area contributed by atoms with Crippen molar-refractivity contribution in [3.63, 3.8) is 0 Å². The van der Waals surface area contributed by atoms with Crippen molar-refractivity contribution in [1.82, 2.24) is 9.55 Å². The average molecular weight is 360 g/mol. The normalized spacial score (nSPS) is 11.6. The van der Waals surface area contributed by atoms with Crippen LogP contribution in [0.2, 0.25) is 5.02 Å². The van der Waals surface area contributed by atoms with Gasteiger partial charge in [0.25, 0.3) is 0 Å². The van der Waals surface area contributed by atoms with Crippen molar-refractivity contribution in [3.05, 3.63) is 70.8 Å². The lowest BCUT2D eigenvalue weighted by atomic mass is 9.81. The van der Waals surface area contributed by atoms with Crippen molar-refractivity contribution in [2.75, 3.05) is 12.8 Å². The van der Waals surface area contributed by atoms with Gasteiger partial charge in [-0.1, -0.05) is 31.5 Å². The molecule has 3 rings (SSSR count). The molecule has 25 heavy (non-hydrogen) atoms. The van der Waals surface area contributed by atoms with Crippen molar-refractivity contribution >= 4 is 17.5 Å². The first-order chi connectivity index (χ1) is 11.8. The summed E-state index contributed by atoms with van der Waals surface area (Å²) < 4.78 is 20.4. The fourth-order valence-electron chi connectivity index (χ4n) is 2.86. The molecule has 0 fully saturated rings. The number of nitrogens with zero attached hydrogens (tertiary/aromatic N) is 2. The minimum Gasteiger partial charge on any atom is -0.495 e. The van der Waals surface area contributed by atoms with Gasteiger partial charge in [-0.05, 0) is 42.0 Å². The Hall–Kier alpha value is -2.53. The Morgan fingerprint density at radius 1 is 1.16 bits per heavy atom. The van der Waals surface area contributed by atoms with E-state index < -0.39 is 5.41 Å². The molecule has 6 heteroatoms. The van der Waals surface area contributed by atoms with Crippen LogP contribution in [0.5, 0.6) is 5.75 Å². The lowest BCUT2D eigenvalue weighted by molar-refractivity contribution is 0.413. The molecule has 0 saturated carbocycles. The van der Waals surface area contributed by atoms with Gasteiger partial charge < -0.3 is 10.5 Å². The van der Waals surface area contributed by atoms with E-state index >= 15 is 0 Å². The zero-order valence-electron chi connectivity index (χ0n) is 14.3. The number of imidazole rings is 1. The van der Waals surface area contributed by atoms with Crippen LogP contribution in [0.3, 0.4) is 0 Å². The van der Waals surface area contributed by atoms with E-state index in [9.17, 15) is 4.39 Å². The first-order valence-corrected chi connectivity index (χ1v) is 8.16. The molecule has 0 bridgehead atoms. The van der Waals surface area contributed by atoms with Crippen LogP contribution in [0.1, 0.15) is 25.1 Å². The Morgan fingerprint density at radius 3 is 2.48 bits per heavy atom. The maximum atomic E-state index is 13.3. The number of benzene rings is 2. The average Bonchev–Trinajstić information content (AvgIpc) is 2.98. The third-order valence-electron chi connectivity index (χ3n) is 4.39. The topological polar surface area (TPSA) is 53.1 Å². The number of rotatable bonds is 4. The molecule has 0 saturated heterocycles. The molecule has 4 nitrogen and oxygen atoms in total. The second-order valence-electron chi connectivity index (χ2n) is 6.29. The summed E-state index contributed by atoms with van der Waals surface area (Å²) in [6.45, 7) is 4.12. The highest BCUT2D eigenvalue weighted by Gasteiger charge is 2.29. The van der Waals surface area contributed by atoms with Crippen LogP contribution in [0.25, 0.3) is 5.69 Å². The molecule has 1 heterocycles. The Kier molecular flexibility index (Phi) is 4.43. The molecule has 3 aromatic rings. The van der Waals surface area contributed by atoms with Crippen molar-refractivity contribution in [2.45, 2.75) is 19.3 Å². The summed E-state index contributed by atoms with van der Waals surface area (Å²) in [6.07, 6.45) is 1.74. The summed E-state index contributed by atoms with van der Waals surface area (Å²) in [6, 6.07) is 11.8.